The number of hydrogen-bond acceptors (Lipinski definition) is 2. The van der Waals surface area contributed by atoms with Gasteiger partial charge in [-0.05, 0) is 57.8 Å². The molecule has 1 aromatic rings. The first-order valence-corrected chi connectivity index (χ1v) is 7.76. The van der Waals surface area contributed by atoms with E-state index >= 15 is 0 Å². The van der Waals surface area contributed by atoms with Crippen molar-refractivity contribution in [1.82, 2.24) is 4.90 Å². The van der Waals surface area contributed by atoms with Crippen molar-refractivity contribution in [3.63, 3.8) is 0 Å². The van der Waals surface area contributed by atoms with Crippen molar-refractivity contribution in [3.05, 3.63) is 29.8 Å². The lowest BCUT2D eigenvalue weighted by Gasteiger charge is -2.44. The van der Waals surface area contributed by atoms with Gasteiger partial charge in [-0.3, -0.25) is 4.90 Å². The summed E-state index contributed by atoms with van der Waals surface area (Å²) >= 11 is 0. The maximum absolute atomic E-state index is 6.02. The summed E-state index contributed by atoms with van der Waals surface area (Å²) in [5.41, 5.74) is 1.29. The van der Waals surface area contributed by atoms with Gasteiger partial charge >= 0.3 is 0 Å². The van der Waals surface area contributed by atoms with Crippen molar-refractivity contribution >= 4 is 0 Å². The zero-order valence-corrected chi connectivity index (χ0v) is 12.0. The minimum atomic E-state index is 0.732. The van der Waals surface area contributed by atoms with Crippen LogP contribution in [0, 0.1) is 12.8 Å². The molecule has 2 fully saturated rings. The van der Waals surface area contributed by atoms with E-state index < -0.39 is 0 Å². The molecule has 0 bridgehead atoms. The Labute approximate surface area is 116 Å². The number of fused-ring (bicyclic) bond motifs is 1. The lowest BCUT2D eigenvalue weighted by molar-refractivity contribution is 0.0366. The largest absolute Gasteiger partial charge is 0.493 e. The molecule has 0 unspecified atom stereocenters. The van der Waals surface area contributed by atoms with Crippen LogP contribution in [0.5, 0.6) is 5.75 Å². The summed E-state index contributed by atoms with van der Waals surface area (Å²) in [6.45, 7) is 5.63. The number of ether oxygens (including phenoxy) is 1. The molecule has 0 aromatic heterocycles. The van der Waals surface area contributed by atoms with E-state index in [1.54, 1.807) is 0 Å². The minimum Gasteiger partial charge on any atom is -0.493 e. The molecule has 2 atom stereocenters. The first-order chi connectivity index (χ1) is 9.33. The molecule has 2 heterocycles. The third kappa shape index (κ3) is 3.11. The molecule has 3 rings (SSSR count). The molecule has 2 saturated heterocycles. The molecule has 2 nitrogen and oxygen atoms in total. The maximum atomic E-state index is 6.02. The maximum Gasteiger partial charge on any atom is 0.119 e. The third-order valence-corrected chi connectivity index (χ3v) is 4.71. The highest BCUT2D eigenvalue weighted by Gasteiger charge is 2.33. The van der Waals surface area contributed by atoms with Crippen LogP contribution in [0.25, 0.3) is 0 Å². The van der Waals surface area contributed by atoms with Gasteiger partial charge in [0, 0.05) is 12.0 Å². The molecular formula is C17H25NO. The summed E-state index contributed by atoms with van der Waals surface area (Å²) in [6, 6.07) is 9.23. The molecule has 2 aliphatic heterocycles. The summed E-state index contributed by atoms with van der Waals surface area (Å²) < 4.78 is 6.02. The van der Waals surface area contributed by atoms with Crippen LogP contribution in [0.1, 0.15) is 37.7 Å². The molecule has 0 spiro atoms. The first kappa shape index (κ1) is 13.0. The van der Waals surface area contributed by atoms with Crippen molar-refractivity contribution in [2.45, 2.75) is 45.1 Å². The summed E-state index contributed by atoms with van der Waals surface area (Å²) in [5, 5.41) is 0. The van der Waals surface area contributed by atoms with Crippen molar-refractivity contribution in [1.29, 1.82) is 0 Å². The van der Waals surface area contributed by atoms with Gasteiger partial charge in [0.25, 0.3) is 0 Å². The van der Waals surface area contributed by atoms with Gasteiger partial charge in [-0.1, -0.05) is 24.1 Å². The average molecular weight is 259 g/mol. The van der Waals surface area contributed by atoms with Crippen LogP contribution < -0.4 is 4.74 Å². The number of nitrogens with zero attached hydrogens (tertiary/aromatic N) is 1. The third-order valence-electron chi connectivity index (χ3n) is 4.71. The Morgan fingerprint density at radius 2 is 1.84 bits per heavy atom. The molecule has 1 aromatic carbocycles. The van der Waals surface area contributed by atoms with Crippen LogP contribution in [0.2, 0.25) is 0 Å². The van der Waals surface area contributed by atoms with Gasteiger partial charge < -0.3 is 4.74 Å². The Kier molecular flexibility index (Phi) is 4.07. The molecule has 19 heavy (non-hydrogen) atoms. The second kappa shape index (κ2) is 5.96. The van der Waals surface area contributed by atoms with Crippen LogP contribution in [0.3, 0.4) is 0 Å². The highest BCUT2D eigenvalue weighted by molar-refractivity contribution is 5.26. The van der Waals surface area contributed by atoms with Crippen LogP contribution in [-0.4, -0.2) is 30.6 Å². The van der Waals surface area contributed by atoms with Gasteiger partial charge in [0.05, 0.1) is 6.61 Å². The van der Waals surface area contributed by atoms with E-state index in [1.807, 2.05) is 0 Å². The first-order valence-electron chi connectivity index (χ1n) is 7.76. The van der Waals surface area contributed by atoms with E-state index in [4.69, 9.17) is 4.74 Å². The van der Waals surface area contributed by atoms with Crippen molar-refractivity contribution < 1.29 is 4.74 Å². The zero-order valence-electron chi connectivity index (χ0n) is 12.0. The van der Waals surface area contributed by atoms with Crippen molar-refractivity contribution in [3.8, 4) is 5.75 Å². The quantitative estimate of drug-likeness (QED) is 0.821. The smallest absolute Gasteiger partial charge is 0.119 e. The SMILES string of the molecule is Cc1ccc(OC[C@@H]2CCCN3CCCC[C@H]23)cc1. The van der Waals surface area contributed by atoms with E-state index in [0.29, 0.717) is 0 Å². The van der Waals surface area contributed by atoms with E-state index in [-0.39, 0.29) is 0 Å². The number of rotatable bonds is 3. The summed E-state index contributed by atoms with van der Waals surface area (Å²) in [5.74, 6) is 1.76. The van der Waals surface area contributed by atoms with Gasteiger partial charge in [-0.25, -0.2) is 0 Å². The molecule has 0 N–H and O–H groups in total. The monoisotopic (exact) mass is 259 g/mol. The Hall–Kier alpha value is -1.02. The van der Waals surface area contributed by atoms with Gasteiger partial charge in [0.1, 0.15) is 5.75 Å². The van der Waals surface area contributed by atoms with Crippen LogP contribution in [-0.2, 0) is 0 Å². The number of hydrogen-bond donors (Lipinski definition) is 0. The average Bonchev–Trinajstić information content (AvgIpc) is 2.47. The second-order valence-electron chi connectivity index (χ2n) is 6.13. The zero-order chi connectivity index (χ0) is 13.1. The topological polar surface area (TPSA) is 12.5 Å². The van der Waals surface area contributed by atoms with Crippen molar-refractivity contribution in [2.24, 2.45) is 5.92 Å². The van der Waals surface area contributed by atoms with Crippen molar-refractivity contribution in [2.75, 3.05) is 19.7 Å². The highest BCUT2D eigenvalue weighted by Crippen LogP contribution is 2.31. The molecule has 0 radical (unpaired) electrons. The highest BCUT2D eigenvalue weighted by atomic mass is 16.5. The van der Waals surface area contributed by atoms with E-state index in [2.05, 4.69) is 36.1 Å². The molecule has 0 saturated carbocycles. The summed E-state index contributed by atoms with van der Waals surface area (Å²) in [7, 11) is 0. The lowest BCUT2D eigenvalue weighted by Crippen LogP contribution is -2.49. The fourth-order valence-electron chi connectivity index (χ4n) is 3.61. The molecule has 104 valence electrons. The van der Waals surface area contributed by atoms with E-state index in [0.717, 1.165) is 24.3 Å². The normalized spacial score (nSPS) is 27.8. The number of benzene rings is 1. The summed E-state index contributed by atoms with van der Waals surface area (Å²) in [6.07, 6.45) is 6.86. The molecule has 2 heteroatoms. The van der Waals surface area contributed by atoms with Crippen LogP contribution in [0.15, 0.2) is 24.3 Å². The molecule has 2 aliphatic rings. The summed E-state index contributed by atoms with van der Waals surface area (Å²) in [4.78, 5) is 2.70. The van der Waals surface area contributed by atoms with Crippen LogP contribution in [0.4, 0.5) is 0 Å². The Morgan fingerprint density at radius 1 is 1.05 bits per heavy atom. The van der Waals surface area contributed by atoms with Gasteiger partial charge in [0.15, 0.2) is 0 Å². The predicted octanol–water partition coefficient (Wildman–Crippen LogP) is 3.64. The van der Waals surface area contributed by atoms with Crippen LogP contribution >= 0.6 is 0 Å². The minimum absolute atomic E-state index is 0.732. The Bertz CT molecular complexity index is 398. The Morgan fingerprint density at radius 3 is 2.68 bits per heavy atom. The van der Waals surface area contributed by atoms with E-state index in [1.165, 1.54) is 50.8 Å². The van der Waals surface area contributed by atoms with Gasteiger partial charge in [-0.2, -0.15) is 0 Å². The molecule has 0 aliphatic carbocycles. The number of piperidine rings is 2. The van der Waals surface area contributed by atoms with E-state index in [9.17, 15) is 0 Å². The standard InChI is InChI=1S/C17H25NO/c1-14-7-9-16(10-8-14)19-13-15-5-4-12-18-11-3-2-6-17(15)18/h7-10,15,17H,2-6,11-13H2,1H3/t15-,17+/m0/s1. The van der Waals surface area contributed by atoms with Gasteiger partial charge in [-0.15, -0.1) is 0 Å². The second-order valence-corrected chi connectivity index (χ2v) is 6.13. The predicted molar refractivity (Wildman–Crippen MR) is 78.6 cm³/mol. The lowest BCUT2D eigenvalue weighted by atomic mass is 9.84. The fourth-order valence-corrected chi connectivity index (χ4v) is 3.61. The molecular weight excluding hydrogens is 234 g/mol. The molecule has 0 amide bonds. The van der Waals surface area contributed by atoms with Gasteiger partial charge in [0.2, 0.25) is 0 Å². The fraction of sp³-hybridized carbons (Fsp3) is 0.647. The Balaban J connectivity index is 1.57. The number of aryl methyl sites for hydroxylation is 1.